The molecule has 0 aromatic heterocycles. The third kappa shape index (κ3) is 6.35. The molecule has 2 aliphatic rings. The Hall–Kier alpha value is -1.09. The zero-order valence-corrected chi connectivity index (χ0v) is 14.0. The van der Waals surface area contributed by atoms with Crippen LogP contribution in [0.3, 0.4) is 0 Å². The van der Waals surface area contributed by atoms with Crippen LogP contribution in [0.25, 0.3) is 0 Å². The maximum atomic E-state index is 11.6. The zero-order valence-electron chi connectivity index (χ0n) is 14.0. The molecule has 0 bridgehead atoms. The molecule has 2 rings (SSSR count). The van der Waals surface area contributed by atoms with Gasteiger partial charge in [-0.25, -0.2) is 0 Å². The highest BCUT2D eigenvalue weighted by molar-refractivity contribution is 5.71. The van der Waals surface area contributed by atoms with E-state index in [9.17, 15) is 4.79 Å². The number of hydrogen-bond donors (Lipinski definition) is 0. The standard InChI is InChI=1S/C19H31NO2/c1-2-22-19(21)16-20-13-8-11-18(12-14-20)15-17-9-6-4-3-5-7-10-17/h3-4,6,9,17-18H,2,5,7-8,10-16H2,1H3/b4-3-,9-6+. The van der Waals surface area contributed by atoms with Crippen LogP contribution in [-0.4, -0.2) is 37.1 Å². The smallest absolute Gasteiger partial charge is 0.320 e. The molecule has 0 aromatic carbocycles. The molecule has 1 heterocycles. The molecule has 124 valence electrons. The van der Waals surface area contributed by atoms with Gasteiger partial charge >= 0.3 is 5.97 Å². The number of ether oxygens (including phenoxy) is 1. The van der Waals surface area contributed by atoms with Crippen molar-refractivity contribution in [2.75, 3.05) is 26.2 Å². The lowest BCUT2D eigenvalue weighted by atomic mass is 9.86. The molecular formula is C19H31NO2. The second-order valence-corrected chi connectivity index (χ2v) is 6.62. The Morgan fingerprint density at radius 3 is 2.95 bits per heavy atom. The van der Waals surface area contributed by atoms with E-state index in [1.54, 1.807) is 0 Å². The van der Waals surface area contributed by atoms with Crippen LogP contribution in [0.15, 0.2) is 24.3 Å². The molecule has 1 aliphatic heterocycles. The van der Waals surface area contributed by atoms with Crippen molar-refractivity contribution in [2.45, 2.75) is 51.9 Å². The molecule has 0 amide bonds. The van der Waals surface area contributed by atoms with Crippen LogP contribution in [0.4, 0.5) is 0 Å². The number of carbonyl (C=O) groups is 1. The Bertz CT molecular complexity index is 389. The minimum absolute atomic E-state index is 0.0734. The lowest BCUT2D eigenvalue weighted by Crippen LogP contribution is -2.32. The summed E-state index contributed by atoms with van der Waals surface area (Å²) in [7, 11) is 0. The number of allylic oxidation sites excluding steroid dienone is 4. The van der Waals surface area contributed by atoms with E-state index < -0.39 is 0 Å². The Morgan fingerprint density at radius 2 is 2.09 bits per heavy atom. The van der Waals surface area contributed by atoms with Crippen molar-refractivity contribution in [3.05, 3.63) is 24.3 Å². The van der Waals surface area contributed by atoms with E-state index in [1.807, 2.05) is 6.92 Å². The predicted octanol–water partition coefficient (Wildman–Crippen LogP) is 3.95. The van der Waals surface area contributed by atoms with Crippen LogP contribution in [0.1, 0.15) is 51.9 Å². The lowest BCUT2D eigenvalue weighted by Gasteiger charge is -2.21. The summed E-state index contributed by atoms with van der Waals surface area (Å²) in [5.41, 5.74) is 0. The summed E-state index contributed by atoms with van der Waals surface area (Å²) >= 11 is 0. The maximum absolute atomic E-state index is 11.6. The van der Waals surface area contributed by atoms with Gasteiger partial charge in [-0.3, -0.25) is 9.69 Å². The maximum Gasteiger partial charge on any atom is 0.320 e. The number of nitrogens with zero attached hydrogens (tertiary/aromatic N) is 1. The molecule has 3 nitrogen and oxygen atoms in total. The molecule has 2 unspecified atom stereocenters. The van der Waals surface area contributed by atoms with Crippen molar-refractivity contribution in [1.82, 2.24) is 4.90 Å². The zero-order chi connectivity index (χ0) is 15.6. The highest BCUT2D eigenvalue weighted by Gasteiger charge is 2.21. The molecule has 1 saturated heterocycles. The number of likely N-dealkylation sites (tertiary alicyclic amines) is 1. The molecule has 0 saturated carbocycles. The molecule has 22 heavy (non-hydrogen) atoms. The first-order chi connectivity index (χ1) is 10.8. The minimum atomic E-state index is -0.0734. The lowest BCUT2D eigenvalue weighted by molar-refractivity contribution is -0.144. The van der Waals surface area contributed by atoms with E-state index in [-0.39, 0.29) is 5.97 Å². The summed E-state index contributed by atoms with van der Waals surface area (Å²) in [6.45, 7) is 4.90. The van der Waals surface area contributed by atoms with Gasteiger partial charge in [0.1, 0.15) is 0 Å². The van der Waals surface area contributed by atoms with E-state index in [0.29, 0.717) is 13.2 Å². The van der Waals surface area contributed by atoms with Gasteiger partial charge in [0.15, 0.2) is 0 Å². The summed E-state index contributed by atoms with van der Waals surface area (Å²) in [6, 6.07) is 0. The van der Waals surface area contributed by atoms with Crippen molar-refractivity contribution in [2.24, 2.45) is 11.8 Å². The van der Waals surface area contributed by atoms with Gasteiger partial charge in [0, 0.05) is 0 Å². The van der Waals surface area contributed by atoms with Gasteiger partial charge in [-0.1, -0.05) is 24.3 Å². The number of carbonyl (C=O) groups excluding carboxylic acids is 1. The van der Waals surface area contributed by atoms with E-state index in [2.05, 4.69) is 29.2 Å². The van der Waals surface area contributed by atoms with Crippen molar-refractivity contribution < 1.29 is 9.53 Å². The molecule has 0 aromatic rings. The fraction of sp³-hybridized carbons (Fsp3) is 0.737. The predicted molar refractivity (Wildman–Crippen MR) is 90.7 cm³/mol. The first-order valence-corrected chi connectivity index (χ1v) is 8.99. The largest absolute Gasteiger partial charge is 0.465 e. The Morgan fingerprint density at radius 1 is 1.18 bits per heavy atom. The van der Waals surface area contributed by atoms with E-state index in [0.717, 1.165) is 24.9 Å². The molecule has 1 fully saturated rings. The van der Waals surface area contributed by atoms with Crippen LogP contribution < -0.4 is 0 Å². The Kier molecular flexibility index (Phi) is 7.72. The quantitative estimate of drug-likeness (QED) is 0.720. The number of esters is 1. The summed E-state index contributed by atoms with van der Waals surface area (Å²) in [6.07, 6.45) is 18.0. The summed E-state index contributed by atoms with van der Waals surface area (Å²) in [5.74, 6) is 1.48. The van der Waals surface area contributed by atoms with E-state index in [1.165, 1.54) is 44.9 Å². The van der Waals surface area contributed by atoms with E-state index >= 15 is 0 Å². The highest BCUT2D eigenvalue weighted by atomic mass is 16.5. The third-order valence-corrected chi connectivity index (χ3v) is 4.81. The first-order valence-electron chi connectivity index (χ1n) is 8.99. The minimum Gasteiger partial charge on any atom is -0.465 e. The van der Waals surface area contributed by atoms with Gasteiger partial charge in [-0.2, -0.15) is 0 Å². The van der Waals surface area contributed by atoms with Gasteiger partial charge in [0.05, 0.1) is 13.2 Å². The average molecular weight is 305 g/mol. The second kappa shape index (κ2) is 9.83. The number of rotatable bonds is 5. The molecule has 0 N–H and O–H groups in total. The van der Waals surface area contributed by atoms with Crippen molar-refractivity contribution in [3.8, 4) is 0 Å². The SMILES string of the molecule is CCOC(=O)CN1CCCC(CC2/C=C/C=C\CCC2)CC1. The second-order valence-electron chi connectivity index (χ2n) is 6.62. The third-order valence-electron chi connectivity index (χ3n) is 4.81. The van der Waals surface area contributed by atoms with Crippen LogP contribution in [0.5, 0.6) is 0 Å². The van der Waals surface area contributed by atoms with Gasteiger partial charge in [0.2, 0.25) is 0 Å². The molecule has 1 aliphatic carbocycles. The Labute approximate surface area is 135 Å². The monoisotopic (exact) mass is 305 g/mol. The van der Waals surface area contributed by atoms with Crippen LogP contribution in [0, 0.1) is 11.8 Å². The topological polar surface area (TPSA) is 29.5 Å². The van der Waals surface area contributed by atoms with Gasteiger partial charge < -0.3 is 4.74 Å². The van der Waals surface area contributed by atoms with Gasteiger partial charge in [-0.05, 0) is 76.8 Å². The van der Waals surface area contributed by atoms with Crippen molar-refractivity contribution in [3.63, 3.8) is 0 Å². The van der Waals surface area contributed by atoms with E-state index in [4.69, 9.17) is 4.74 Å². The van der Waals surface area contributed by atoms with Crippen LogP contribution in [-0.2, 0) is 9.53 Å². The van der Waals surface area contributed by atoms with Crippen molar-refractivity contribution in [1.29, 1.82) is 0 Å². The molecule has 0 spiro atoms. The van der Waals surface area contributed by atoms with Gasteiger partial charge in [-0.15, -0.1) is 0 Å². The average Bonchev–Trinajstić information content (AvgIpc) is 2.67. The Balaban J connectivity index is 1.76. The van der Waals surface area contributed by atoms with Crippen molar-refractivity contribution >= 4 is 5.97 Å². The van der Waals surface area contributed by atoms with Crippen LogP contribution in [0.2, 0.25) is 0 Å². The molecule has 2 atom stereocenters. The summed E-state index contributed by atoms with van der Waals surface area (Å²) in [5, 5.41) is 0. The van der Waals surface area contributed by atoms with Crippen LogP contribution >= 0.6 is 0 Å². The first kappa shape index (κ1) is 17.3. The molecule has 0 radical (unpaired) electrons. The molecular weight excluding hydrogens is 274 g/mol. The fourth-order valence-electron chi connectivity index (χ4n) is 3.62. The summed E-state index contributed by atoms with van der Waals surface area (Å²) < 4.78 is 5.06. The normalized spacial score (nSPS) is 29.9. The highest BCUT2D eigenvalue weighted by Crippen LogP contribution is 2.28. The fourth-order valence-corrected chi connectivity index (χ4v) is 3.62. The molecule has 3 heteroatoms. The summed E-state index contributed by atoms with van der Waals surface area (Å²) in [4.78, 5) is 13.9. The number of hydrogen-bond acceptors (Lipinski definition) is 3. The van der Waals surface area contributed by atoms with Gasteiger partial charge in [0.25, 0.3) is 0 Å².